The zero-order chi connectivity index (χ0) is 20.7. The molecular weight excluding hydrogens is 402 g/mol. The molecule has 11 heteroatoms. The molecule has 148 valence electrons. The first-order valence-corrected chi connectivity index (χ1v) is 9.13. The van der Waals surface area contributed by atoms with Crippen LogP contribution < -0.4 is 9.88 Å². The lowest BCUT2D eigenvalue weighted by Gasteiger charge is -2.24. The summed E-state index contributed by atoms with van der Waals surface area (Å²) in [5, 5.41) is 8.72. The summed E-state index contributed by atoms with van der Waals surface area (Å²) in [6.45, 7) is 0. The normalized spacial score (nSPS) is 12.6. The first kappa shape index (κ1) is 20.0. The molecule has 1 aromatic heterocycles. The van der Waals surface area contributed by atoms with Crippen LogP contribution in [-0.4, -0.2) is 26.0 Å². The fourth-order valence-electron chi connectivity index (χ4n) is 2.40. The predicted octanol–water partition coefficient (Wildman–Crippen LogP) is 4.29. The number of ether oxygens (including phenoxy) is 1. The van der Waals surface area contributed by atoms with Crippen LogP contribution in [0.4, 0.5) is 17.6 Å². The number of hydrogen-bond donors (Lipinski definition) is 3. The smallest absolute Gasteiger partial charge is 0.435 e. The van der Waals surface area contributed by atoms with Gasteiger partial charge < -0.3 is 4.74 Å². The number of alkyl halides is 3. The second-order valence-corrected chi connectivity index (χ2v) is 7.23. The van der Waals surface area contributed by atoms with Crippen molar-refractivity contribution >= 4 is 10.8 Å². The number of halogens is 4. The van der Waals surface area contributed by atoms with Crippen molar-refractivity contribution in [1.82, 2.24) is 9.78 Å². The molecule has 0 radical (unpaired) electrons. The van der Waals surface area contributed by atoms with Gasteiger partial charge in [0.05, 0.1) is 12.8 Å². The molecular formula is C17H13F4N3O3S. The Morgan fingerprint density at radius 3 is 2.36 bits per heavy atom. The van der Waals surface area contributed by atoms with Crippen LogP contribution in [0.1, 0.15) is 5.69 Å². The van der Waals surface area contributed by atoms with E-state index in [9.17, 15) is 26.7 Å². The van der Waals surface area contributed by atoms with Crippen LogP contribution in [-0.2, 0) is 6.18 Å². The van der Waals surface area contributed by atoms with Crippen LogP contribution in [0.5, 0.6) is 5.75 Å². The maximum atomic E-state index is 14.0. The molecule has 0 aliphatic rings. The average molecular weight is 415 g/mol. The summed E-state index contributed by atoms with van der Waals surface area (Å²) < 4.78 is 78.1. The van der Waals surface area contributed by atoms with E-state index in [2.05, 4.69) is 17.2 Å². The molecule has 0 amide bonds. The lowest BCUT2D eigenvalue weighted by Crippen LogP contribution is -2.09. The zero-order valence-electron chi connectivity index (χ0n) is 14.2. The van der Waals surface area contributed by atoms with Crippen molar-refractivity contribution in [3.63, 3.8) is 0 Å². The predicted molar refractivity (Wildman–Crippen MR) is 93.5 cm³/mol. The van der Waals surface area contributed by atoms with E-state index in [1.54, 1.807) is 0 Å². The maximum Gasteiger partial charge on any atom is 0.435 e. The van der Waals surface area contributed by atoms with Crippen molar-refractivity contribution < 1.29 is 31.4 Å². The zero-order valence-corrected chi connectivity index (χ0v) is 15.0. The molecule has 0 spiro atoms. The van der Waals surface area contributed by atoms with E-state index >= 15 is 0 Å². The molecule has 6 nitrogen and oxygen atoms in total. The van der Waals surface area contributed by atoms with E-state index in [1.165, 1.54) is 31.4 Å². The van der Waals surface area contributed by atoms with Gasteiger partial charge in [0.1, 0.15) is 10.6 Å². The SMILES string of the molecule is COc1ccc(-c2cc(C(F)(F)F)nn2-c2c#cc(S(N)(O)O)cc2)cc1F. The third-order valence-corrected chi connectivity index (χ3v) is 4.59. The summed E-state index contributed by atoms with van der Waals surface area (Å²) in [6, 6.07) is 11.7. The highest BCUT2D eigenvalue weighted by Gasteiger charge is 2.35. The summed E-state index contributed by atoms with van der Waals surface area (Å²) in [5.74, 6) is -0.826. The van der Waals surface area contributed by atoms with E-state index in [1.807, 2.05) is 0 Å². The van der Waals surface area contributed by atoms with Crippen molar-refractivity contribution in [2.24, 2.45) is 5.14 Å². The Kier molecular flexibility index (Phi) is 4.99. The van der Waals surface area contributed by atoms with Gasteiger partial charge in [-0.3, -0.25) is 9.11 Å². The lowest BCUT2D eigenvalue weighted by molar-refractivity contribution is -0.141. The molecule has 3 rings (SSSR count). The van der Waals surface area contributed by atoms with Gasteiger partial charge in [0, 0.05) is 5.56 Å². The quantitative estimate of drug-likeness (QED) is 0.553. The van der Waals surface area contributed by atoms with Gasteiger partial charge in [-0.25, -0.2) is 14.2 Å². The number of aromatic nitrogens is 2. The van der Waals surface area contributed by atoms with Crippen LogP contribution in [0.15, 0.2) is 41.3 Å². The fraction of sp³-hybridized carbons (Fsp3) is 0.118. The number of methoxy groups -OCH3 is 1. The maximum absolute atomic E-state index is 14.0. The van der Waals surface area contributed by atoms with Crippen LogP contribution in [0, 0.1) is 17.9 Å². The van der Waals surface area contributed by atoms with E-state index < -0.39 is 28.5 Å². The number of benzene rings is 1. The Bertz CT molecular complexity index is 998. The molecule has 0 aliphatic heterocycles. The molecule has 2 aromatic carbocycles. The first-order valence-electron chi connectivity index (χ1n) is 7.52. The minimum absolute atomic E-state index is 0.00845. The van der Waals surface area contributed by atoms with Crippen LogP contribution in [0.2, 0.25) is 0 Å². The molecule has 3 aromatic rings. The number of nitrogens with zero attached hydrogens (tertiary/aromatic N) is 2. The van der Waals surface area contributed by atoms with Gasteiger partial charge >= 0.3 is 6.18 Å². The molecule has 4 N–H and O–H groups in total. The largest absolute Gasteiger partial charge is 0.494 e. The van der Waals surface area contributed by atoms with E-state index in [0.717, 1.165) is 16.8 Å². The second kappa shape index (κ2) is 6.99. The van der Waals surface area contributed by atoms with Crippen LogP contribution in [0.25, 0.3) is 16.9 Å². The van der Waals surface area contributed by atoms with Gasteiger partial charge in [-0.05, 0) is 48.5 Å². The Hall–Kier alpha value is -2.78. The van der Waals surface area contributed by atoms with Gasteiger partial charge in [-0.1, -0.05) is 0 Å². The molecule has 0 unspecified atom stereocenters. The standard InChI is InChI=1S/C17H13F4N3O3S/c1-27-15-7-2-10(8-13(15)18)14-9-16(17(19,20)21)23-24(14)11-3-5-12(6-4-11)28(22,25)26/h2-3,5,7-9,25-26H,22H2,1H3. The lowest BCUT2D eigenvalue weighted by atomic mass is 10.1. The molecule has 28 heavy (non-hydrogen) atoms. The summed E-state index contributed by atoms with van der Waals surface area (Å²) in [5.41, 5.74) is -1.14. The molecule has 0 saturated carbocycles. The van der Waals surface area contributed by atoms with Gasteiger partial charge in [0.25, 0.3) is 0 Å². The molecule has 0 bridgehead atoms. The van der Waals surface area contributed by atoms with Gasteiger partial charge in [0.15, 0.2) is 17.3 Å². The van der Waals surface area contributed by atoms with Crippen molar-refractivity contribution in [3.05, 3.63) is 60.0 Å². The Morgan fingerprint density at radius 1 is 1.14 bits per heavy atom. The van der Waals surface area contributed by atoms with Crippen molar-refractivity contribution in [1.29, 1.82) is 0 Å². The summed E-state index contributed by atoms with van der Waals surface area (Å²) in [6.07, 6.45) is -4.73. The van der Waals surface area contributed by atoms with Gasteiger partial charge in [-0.2, -0.15) is 18.3 Å². The monoisotopic (exact) mass is 415 g/mol. The van der Waals surface area contributed by atoms with Crippen LogP contribution in [0.3, 0.4) is 0 Å². The average Bonchev–Trinajstić information content (AvgIpc) is 3.07. The topological polar surface area (TPSA) is 93.5 Å². The Balaban J connectivity index is 2.15. The van der Waals surface area contributed by atoms with E-state index in [4.69, 9.17) is 9.88 Å². The highest BCUT2D eigenvalue weighted by atomic mass is 32.3. The number of nitrogens with two attached hydrogens (primary N) is 1. The molecule has 0 fully saturated rings. The Morgan fingerprint density at radius 2 is 1.86 bits per heavy atom. The molecule has 0 aliphatic carbocycles. The van der Waals surface area contributed by atoms with Crippen molar-refractivity contribution in [2.45, 2.75) is 11.1 Å². The van der Waals surface area contributed by atoms with E-state index in [0.29, 0.717) is 0 Å². The van der Waals surface area contributed by atoms with E-state index in [-0.39, 0.29) is 27.6 Å². The van der Waals surface area contributed by atoms with Crippen molar-refractivity contribution in [2.75, 3.05) is 7.11 Å². The molecule has 0 atom stereocenters. The first-order chi connectivity index (χ1) is 13.0. The van der Waals surface area contributed by atoms with Gasteiger partial charge in [0.2, 0.25) is 0 Å². The number of hydrogen-bond acceptors (Lipinski definition) is 5. The fourth-order valence-corrected chi connectivity index (χ4v) is 2.87. The summed E-state index contributed by atoms with van der Waals surface area (Å²) in [4.78, 5) is -0.170. The third kappa shape index (κ3) is 3.90. The Labute approximate surface area is 158 Å². The molecule has 0 saturated heterocycles. The minimum atomic E-state index is -4.73. The highest BCUT2D eigenvalue weighted by molar-refractivity contribution is 8.22. The second-order valence-electron chi connectivity index (χ2n) is 5.60. The minimum Gasteiger partial charge on any atom is -0.494 e. The molecule has 1 heterocycles. The third-order valence-electron chi connectivity index (χ3n) is 3.71. The van der Waals surface area contributed by atoms with Crippen LogP contribution >= 0.6 is 10.8 Å². The summed E-state index contributed by atoms with van der Waals surface area (Å²) >= 11 is 0. The van der Waals surface area contributed by atoms with Gasteiger partial charge in [-0.15, -0.1) is 10.8 Å². The number of rotatable bonds is 4. The summed E-state index contributed by atoms with van der Waals surface area (Å²) in [7, 11) is -2.29. The highest BCUT2D eigenvalue weighted by Crippen LogP contribution is 2.39. The van der Waals surface area contributed by atoms with Crippen molar-refractivity contribution in [3.8, 4) is 22.7 Å².